The van der Waals surface area contributed by atoms with Crippen molar-refractivity contribution in [2.75, 3.05) is 19.7 Å². The Morgan fingerprint density at radius 3 is 3.00 bits per heavy atom. The van der Waals surface area contributed by atoms with Crippen molar-refractivity contribution in [1.82, 2.24) is 4.90 Å². The van der Waals surface area contributed by atoms with Crippen molar-refractivity contribution >= 4 is 11.7 Å². The fourth-order valence-corrected chi connectivity index (χ4v) is 2.65. The minimum atomic E-state index is -0.978. The van der Waals surface area contributed by atoms with Crippen LogP contribution in [0.5, 0.6) is 0 Å². The molecular formula is C14H18N2O5. The van der Waals surface area contributed by atoms with E-state index in [0.717, 1.165) is 12.0 Å². The van der Waals surface area contributed by atoms with Crippen LogP contribution in [0.3, 0.4) is 0 Å². The lowest BCUT2D eigenvalue weighted by atomic mass is 10.0. The maximum atomic E-state index is 11.0. The van der Waals surface area contributed by atoms with Gasteiger partial charge in [0.25, 0.3) is 5.69 Å². The number of hydrogen-bond acceptors (Lipinski definition) is 5. The third-order valence-electron chi connectivity index (χ3n) is 3.67. The lowest BCUT2D eigenvalue weighted by molar-refractivity contribution is -0.385. The van der Waals surface area contributed by atoms with E-state index in [1.807, 2.05) is 17.9 Å². The second kappa shape index (κ2) is 6.64. The Kier molecular flexibility index (Phi) is 4.87. The number of carbonyl (C=O) groups is 1. The zero-order valence-corrected chi connectivity index (χ0v) is 11.8. The highest BCUT2D eigenvalue weighted by Gasteiger charge is 2.30. The predicted octanol–water partition coefficient (Wildman–Crippen LogP) is 1.83. The third kappa shape index (κ3) is 3.56. The molecule has 2 rings (SSSR count). The number of aliphatic carboxylic acids is 1. The van der Waals surface area contributed by atoms with E-state index in [0.29, 0.717) is 13.2 Å². The summed E-state index contributed by atoms with van der Waals surface area (Å²) in [5.74, 6) is -0.978. The van der Waals surface area contributed by atoms with E-state index in [1.54, 1.807) is 12.1 Å². The number of benzene rings is 1. The molecule has 1 heterocycles. The molecule has 7 heteroatoms. The molecule has 114 valence electrons. The van der Waals surface area contributed by atoms with Crippen LogP contribution < -0.4 is 0 Å². The summed E-state index contributed by atoms with van der Waals surface area (Å²) in [6.45, 7) is 3.23. The van der Waals surface area contributed by atoms with Gasteiger partial charge in [0.2, 0.25) is 0 Å². The van der Waals surface area contributed by atoms with Crippen molar-refractivity contribution in [2.24, 2.45) is 0 Å². The van der Waals surface area contributed by atoms with Crippen LogP contribution in [-0.2, 0) is 9.53 Å². The quantitative estimate of drug-likeness (QED) is 0.658. The Morgan fingerprint density at radius 1 is 1.62 bits per heavy atom. The number of rotatable bonds is 5. The smallest absolute Gasteiger partial charge is 0.334 e. The van der Waals surface area contributed by atoms with E-state index in [4.69, 9.17) is 9.84 Å². The Hall–Kier alpha value is -1.99. The molecule has 0 amide bonds. The van der Waals surface area contributed by atoms with Crippen LogP contribution in [0.4, 0.5) is 5.69 Å². The number of hydrogen-bond donors (Lipinski definition) is 1. The summed E-state index contributed by atoms with van der Waals surface area (Å²) < 4.78 is 5.21. The average Bonchev–Trinajstić information content (AvgIpc) is 2.48. The number of nitro groups is 1. The van der Waals surface area contributed by atoms with E-state index in [9.17, 15) is 14.9 Å². The SMILES string of the molecule is CCC(c1cccc([N+](=O)[O-])c1)N1CCOC(C(=O)O)C1. The summed E-state index contributed by atoms with van der Waals surface area (Å²) in [5, 5.41) is 19.9. The molecule has 1 aliphatic heterocycles. The number of nitro benzene ring substituents is 1. The van der Waals surface area contributed by atoms with Crippen LogP contribution in [0.25, 0.3) is 0 Å². The average molecular weight is 294 g/mol. The Bertz CT molecular complexity index is 534. The monoisotopic (exact) mass is 294 g/mol. The van der Waals surface area contributed by atoms with Gasteiger partial charge in [0.15, 0.2) is 6.10 Å². The summed E-state index contributed by atoms with van der Waals surface area (Å²) in [5.41, 5.74) is 0.881. The summed E-state index contributed by atoms with van der Waals surface area (Å²) >= 11 is 0. The molecule has 21 heavy (non-hydrogen) atoms. The van der Waals surface area contributed by atoms with Gasteiger partial charge in [-0.25, -0.2) is 4.79 Å². The first-order valence-corrected chi connectivity index (χ1v) is 6.85. The van der Waals surface area contributed by atoms with E-state index in [-0.39, 0.29) is 18.3 Å². The van der Waals surface area contributed by atoms with E-state index in [1.165, 1.54) is 6.07 Å². The molecule has 2 atom stereocenters. The number of carboxylic acid groups (broad SMARTS) is 1. The summed E-state index contributed by atoms with van der Waals surface area (Å²) in [6, 6.07) is 6.46. The van der Waals surface area contributed by atoms with Crippen LogP contribution >= 0.6 is 0 Å². The molecule has 1 aliphatic rings. The summed E-state index contributed by atoms with van der Waals surface area (Å²) in [4.78, 5) is 23.5. The first-order valence-electron chi connectivity index (χ1n) is 6.85. The zero-order chi connectivity index (χ0) is 15.4. The number of morpholine rings is 1. The maximum Gasteiger partial charge on any atom is 0.334 e. The molecule has 0 saturated carbocycles. The van der Waals surface area contributed by atoms with Gasteiger partial charge in [-0.2, -0.15) is 0 Å². The van der Waals surface area contributed by atoms with Crippen LogP contribution in [0.2, 0.25) is 0 Å². The number of carboxylic acids is 1. The molecule has 0 aliphatic carbocycles. The molecule has 0 spiro atoms. The molecular weight excluding hydrogens is 276 g/mol. The molecule has 1 saturated heterocycles. The second-order valence-corrected chi connectivity index (χ2v) is 4.97. The molecule has 7 nitrogen and oxygen atoms in total. The Balaban J connectivity index is 2.20. The van der Waals surface area contributed by atoms with Gasteiger partial charge >= 0.3 is 5.97 Å². The van der Waals surface area contributed by atoms with Crippen LogP contribution in [-0.4, -0.2) is 46.7 Å². The van der Waals surface area contributed by atoms with Gasteiger partial charge < -0.3 is 9.84 Å². The molecule has 0 aromatic heterocycles. The maximum absolute atomic E-state index is 11.0. The Labute approximate surface area is 122 Å². The lowest BCUT2D eigenvalue weighted by Gasteiger charge is -2.36. The van der Waals surface area contributed by atoms with E-state index >= 15 is 0 Å². The highest BCUT2D eigenvalue weighted by atomic mass is 16.6. The van der Waals surface area contributed by atoms with Crippen LogP contribution in [0.15, 0.2) is 24.3 Å². The molecule has 1 fully saturated rings. The highest BCUT2D eigenvalue weighted by Crippen LogP contribution is 2.28. The molecule has 1 N–H and O–H groups in total. The van der Waals surface area contributed by atoms with E-state index in [2.05, 4.69) is 0 Å². The lowest BCUT2D eigenvalue weighted by Crippen LogP contribution is -2.47. The molecule has 0 radical (unpaired) electrons. The number of nitrogens with zero attached hydrogens (tertiary/aromatic N) is 2. The largest absolute Gasteiger partial charge is 0.479 e. The molecule has 1 aromatic carbocycles. The first-order chi connectivity index (χ1) is 10.0. The van der Waals surface area contributed by atoms with Gasteiger partial charge in [0, 0.05) is 31.3 Å². The first kappa shape index (κ1) is 15.4. The van der Waals surface area contributed by atoms with Crippen molar-refractivity contribution in [3.05, 3.63) is 39.9 Å². The van der Waals surface area contributed by atoms with E-state index < -0.39 is 17.0 Å². The normalized spacial score (nSPS) is 20.9. The van der Waals surface area contributed by atoms with Gasteiger partial charge in [-0.3, -0.25) is 15.0 Å². The summed E-state index contributed by atoms with van der Waals surface area (Å²) in [7, 11) is 0. The molecule has 1 aromatic rings. The van der Waals surface area contributed by atoms with Crippen molar-refractivity contribution in [3.63, 3.8) is 0 Å². The zero-order valence-electron chi connectivity index (χ0n) is 11.8. The van der Waals surface area contributed by atoms with Gasteiger partial charge in [0.1, 0.15) is 0 Å². The number of ether oxygens (including phenoxy) is 1. The highest BCUT2D eigenvalue weighted by molar-refractivity contribution is 5.72. The molecule has 2 unspecified atom stereocenters. The van der Waals surface area contributed by atoms with Gasteiger partial charge in [-0.15, -0.1) is 0 Å². The van der Waals surface area contributed by atoms with Crippen LogP contribution in [0.1, 0.15) is 24.9 Å². The Morgan fingerprint density at radius 2 is 2.38 bits per heavy atom. The van der Waals surface area contributed by atoms with Gasteiger partial charge in [0.05, 0.1) is 11.5 Å². The topological polar surface area (TPSA) is 92.9 Å². The minimum absolute atomic E-state index is 0.0457. The second-order valence-electron chi connectivity index (χ2n) is 4.97. The predicted molar refractivity (Wildman–Crippen MR) is 75.1 cm³/mol. The summed E-state index contributed by atoms with van der Waals surface area (Å²) in [6.07, 6.45) is -0.0976. The standard InChI is InChI=1S/C14H18N2O5/c1-2-12(10-4-3-5-11(8-10)16(19)20)15-6-7-21-13(9-15)14(17)18/h3-5,8,12-13H,2,6-7,9H2,1H3,(H,17,18). The fraction of sp³-hybridized carbons (Fsp3) is 0.500. The van der Waals surface area contributed by atoms with Crippen molar-refractivity contribution in [1.29, 1.82) is 0 Å². The van der Waals surface area contributed by atoms with Crippen molar-refractivity contribution in [2.45, 2.75) is 25.5 Å². The van der Waals surface area contributed by atoms with Crippen molar-refractivity contribution in [3.8, 4) is 0 Å². The minimum Gasteiger partial charge on any atom is -0.479 e. The number of non-ortho nitro benzene ring substituents is 1. The van der Waals surface area contributed by atoms with Crippen molar-refractivity contribution < 1.29 is 19.6 Å². The third-order valence-corrected chi connectivity index (χ3v) is 3.67. The van der Waals surface area contributed by atoms with Gasteiger partial charge in [-0.05, 0) is 12.0 Å². The fourth-order valence-electron chi connectivity index (χ4n) is 2.65. The molecule has 0 bridgehead atoms. The van der Waals surface area contributed by atoms with Gasteiger partial charge in [-0.1, -0.05) is 19.1 Å². The van der Waals surface area contributed by atoms with Crippen LogP contribution in [0, 0.1) is 10.1 Å².